The highest BCUT2D eigenvalue weighted by molar-refractivity contribution is 9.11. The monoisotopic (exact) mass is 262 g/mol. The highest BCUT2D eigenvalue weighted by atomic mass is 79.9. The number of hydrogen-bond donors (Lipinski definition) is 2. The van der Waals surface area contributed by atoms with Gasteiger partial charge in [0, 0.05) is 10.4 Å². The largest absolute Gasteiger partial charge is 0.494 e. The van der Waals surface area contributed by atoms with Crippen LogP contribution in [0.2, 0.25) is 0 Å². The Morgan fingerprint density at radius 3 is 2.29 bits per heavy atom. The molecule has 0 saturated heterocycles. The molecule has 0 fully saturated rings. The van der Waals surface area contributed by atoms with Crippen LogP contribution in [0.1, 0.15) is 0 Å². The van der Waals surface area contributed by atoms with E-state index in [2.05, 4.69) is 29.1 Å². The molecule has 0 aliphatic rings. The van der Waals surface area contributed by atoms with Crippen molar-refractivity contribution in [2.75, 3.05) is 19.8 Å². The van der Waals surface area contributed by atoms with Gasteiger partial charge in [0.15, 0.2) is 0 Å². The number of allylic oxidation sites excluding steroid dienone is 3. The van der Waals surface area contributed by atoms with Gasteiger partial charge >= 0.3 is 0 Å². The van der Waals surface area contributed by atoms with Crippen LogP contribution in [0.5, 0.6) is 0 Å². The molecule has 0 aliphatic carbocycles. The first-order valence-corrected chi connectivity index (χ1v) is 4.95. The third-order valence-electron chi connectivity index (χ3n) is 1.47. The molecule has 0 aromatic heterocycles. The van der Waals surface area contributed by atoms with E-state index in [1.165, 1.54) is 0 Å². The van der Waals surface area contributed by atoms with Crippen LogP contribution in [0.15, 0.2) is 35.6 Å². The van der Waals surface area contributed by atoms with Crippen molar-refractivity contribution in [2.45, 2.75) is 0 Å². The van der Waals surface area contributed by atoms with Crippen LogP contribution in [0.3, 0.4) is 0 Å². The first kappa shape index (κ1) is 13.4. The zero-order valence-electron chi connectivity index (χ0n) is 7.95. The maximum atomic E-state index is 8.75. The summed E-state index contributed by atoms with van der Waals surface area (Å²) in [7, 11) is 0. The van der Waals surface area contributed by atoms with Gasteiger partial charge in [-0.15, -0.1) is 0 Å². The average molecular weight is 263 g/mol. The molecule has 0 aromatic rings. The second-order valence-electron chi connectivity index (χ2n) is 2.79. The Labute approximate surface area is 92.5 Å². The third kappa shape index (κ3) is 6.88. The molecule has 3 nitrogen and oxygen atoms in total. The van der Waals surface area contributed by atoms with Gasteiger partial charge in [-0.1, -0.05) is 29.1 Å². The number of aliphatic hydroxyl groups is 2. The first-order chi connectivity index (χ1) is 6.60. The zero-order valence-corrected chi connectivity index (χ0v) is 9.53. The molecule has 0 unspecified atom stereocenters. The summed E-state index contributed by atoms with van der Waals surface area (Å²) >= 11 is 3.15. The molecule has 2 N–H and O–H groups in total. The van der Waals surface area contributed by atoms with Gasteiger partial charge in [-0.25, -0.2) is 0 Å². The van der Waals surface area contributed by atoms with E-state index < -0.39 is 0 Å². The van der Waals surface area contributed by atoms with Gasteiger partial charge in [-0.3, -0.25) is 0 Å². The van der Waals surface area contributed by atoms with Gasteiger partial charge in [0.1, 0.15) is 5.76 Å². The Kier molecular flexibility index (Phi) is 7.47. The number of ether oxygens (including phenoxy) is 1. The molecule has 4 heteroatoms. The van der Waals surface area contributed by atoms with Crippen LogP contribution >= 0.6 is 15.9 Å². The molecular weight excluding hydrogens is 248 g/mol. The Hall–Kier alpha value is -0.580. The van der Waals surface area contributed by atoms with Crippen LogP contribution in [-0.4, -0.2) is 30.0 Å². The van der Waals surface area contributed by atoms with Crippen molar-refractivity contribution in [1.29, 1.82) is 0 Å². The Morgan fingerprint density at radius 2 is 1.86 bits per heavy atom. The van der Waals surface area contributed by atoms with Gasteiger partial charge in [0.2, 0.25) is 0 Å². The lowest BCUT2D eigenvalue weighted by atomic mass is 10.2. The van der Waals surface area contributed by atoms with E-state index in [1.807, 2.05) is 0 Å². The van der Waals surface area contributed by atoms with E-state index in [9.17, 15) is 0 Å². The summed E-state index contributed by atoms with van der Waals surface area (Å²) < 4.78 is 5.90. The van der Waals surface area contributed by atoms with Crippen molar-refractivity contribution >= 4 is 15.9 Å². The van der Waals surface area contributed by atoms with E-state index in [0.29, 0.717) is 5.76 Å². The minimum atomic E-state index is -0.257. The van der Waals surface area contributed by atoms with Crippen molar-refractivity contribution in [2.24, 2.45) is 5.92 Å². The van der Waals surface area contributed by atoms with Crippen LogP contribution in [0.4, 0.5) is 0 Å². The molecule has 0 aromatic carbocycles. The summed E-state index contributed by atoms with van der Waals surface area (Å²) in [6.45, 7) is 7.30. The molecule has 80 valence electrons. The van der Waals surface area contributed by atoms with Gasteiger partial charge in [0.05, 0.1) is 19.8 Å². The van der Waals surface area contributed by atoms with E-state index in [1.54, 1.807) is 12.2 Å². The van der Waals surface area contributed by atoms with E-state index in [0.717, 1.165) is 4.48 Å². The van der Waals surface area contributed by atoms with E-state index >= 15 is 0 Å². The summed E-state index contributed by atoms with van der Waals surface area (Å²) in [6.07, 6.45) is 3.36. The van der Waals surface area contributed by atoms with Crippen molar-refractivity contribution in [3.8, 4) is 0 Å². The van der Waals surface area contributed by atoms with E-state index in [-0.39, 0.29) is 25.7 Å². The quantitative estimate of drug-likeness (QED) is 0.541. The maximum absolute atomic E-state index is 8.75. The zero-order chi connectivity index (χ0) is 11.0. The fraction of sp³-hybridized carbons (Fsp3) is 0.400. The minimum absolute atomic E-state index is 0.0986. The van der Waals surface area contributed by atoms with Crippen molar-refractivity contribution in [3.63, 3.8) is 0 Å². The molecule has 0 amide bonds. The topological polar surface area (TPSA) is 49.7 Å². The fourth-order valence-electron chi connectivity index (χ4n) is 0.620. The van der Waals surface area contributed by atoms with Gasteiger partial charge in [0.25, 0.3) is 0 Å². The van der Waals surface area contributed by atoms with Gasteiger partial charge in [-0.2, -0.15) is 0 Å². The average Bonchev–Trinajstić information content (AvgIpc) is 2.16. The summed E-state index contributed by atoms with van der Waals surface area (Å²) in [5, 5.41) is 17.5. The smallest absolute Gasteiger partial charge is 0.112 e. The molecule has 0 spiro atoms. The minimum Gasteiger partial charge on any atom is -0.494 e. The molecule has 0 rings (SSSR count). The van der Waals surface area contributed by atoms with Crippen LogP contribution in [-0.2, 0) is 4.74 Å². The molecule has 0 bridgehead atoms. The molecule has 0 aliphatic heterocycles. The van der Waals surface area contributed by atoms with E-state index in [4.69, 9.17) is 14.9 Å². The highest BCUT2D eigenvalue weighted by Gasteiger charge is 2.05. The predicted octanol–water partition coefficient (Wildman–Crippen LogP) is 1.58. The molecular formula is C10H15BrO3. The lowest BCUT2D eigenvalue weighted by molar-refractivity contribution is 0.0811. The van der Waals surface area contributed by atoms with Gasteiger partial charge in [-0.05, 0) is 12.2 Å². The fourth-order valence-corrected chi connectivity index (χ4v) is 0.752. The predicted molar refractivity (Wildman–Crippen MR) is 60.0 cm³/mol. The summed E-state index contributed by atoms with van der Waals surface area (Å²) in [4.78, 5) is 0. The Balaban J connectivity index is 3.78. The van der Waals surface area contributed by atoms with Crippen LogP contribution in [0.25, 0.3) is 0 Å². The van der Waals surface area contributed by atoms with Crippen LogP contribution in [0, 0.1) is 5.92 Å². The van der Waals surface area contributed by atoms with Crippen molar-refractivity contribution in [3.05, 3.63) is 35.6 Å². The molecule has 0 saturated carbocycles. The normalized spacial score (nSPS) is 10.9. The first-order valence-electron chi connectivity index (χ1n) is 4.16. The van der Waals surface area contributed by atoms with Crippen molar-refractivity contribution < 1.29 is 14.9 Å². The summed E-state index contributed by atoms with van der Waals surface area (Å²) in [6, 6.07) is 0. The lowest BCUT2D eigenvalue weighted by Gasteiger charge is -2.12. The van der Waals surface area contributed by atoms with Gasteiger partial charge < -0.3 is 14.9 Å². The second kappa shape index (κ2) is 7.79. The standard InChI is InChI=1S/C10H15BrO3/c1-8(11)3-4-9(2)14-7-10(5-12)6-13/h3-4,10,12-13H,1-2,5-7H2/b4-3-. The molecule has 0 radical (unpaired) electrons. The summed E-state index contributed by atoms with van der Waals surface area (Å²) in [5.41, 5.74) is 0. The summed E-state index contributed by atoms with van der Waals surface area (Å²) in [5.74, 6) is 0.213. The number of halogens is 1. The third-order valence-corrected chi connectivity index (χ3v) is 1.74. The molecule has 0 heterocycles. The molecule has 14 heavy (non-hydrogen) atoms. The lowest BCUT2D eigenvalue weighted by Crippen LogP contribution is -2.17. The number of hydrogen-bond acceptors (Lipinski definition) is 3. The Bertz CT molecular complexity index is 219. The van der Waals surface area contributed by atoms with Crippen LogP contribution < -0.4 is 0 Å². The number of aliphatic hydroxyl groups excluding tert-OH is 2. The second-order valence-corrected chi connectivity index (χ2v) is 3.81. The van der Waals surface area contributed by atoms with Crippen molar-refractivity contribution in [1.82, 2.24) is 0 Å². The highest BCUT2D eigenvalue weighted by Crippen LogP contribution is 2.06. The molecule has 0 atom stereocenters. The SMILES string of the molecule is C=C(Br)/C=C\C(=C)OCC(CO)CO. The number of rotatable bonds is 7. The Morgan fingerprint density at radius 1 is 1.29 bits per heavy atom. The maximum Gasteiger partial charge on any atom is 0.112 e.